The minimum Gasteiger partial charge on any atom is -0.465 e. The molecule has 1 aliphatic heterocycles. The number of aliphatic hydroxyl groups excluding tert-OH is 10. The summed E-state index contributed by atoms with van der Waals surface area (Å²) in [6, 6.07) is 1.59. The highest BCUT2D eigenvalue weighted by Crippen LogP contribution is 2.60. The molecule has 19 nitrogen and oxygen atoms in total. The monoisotopic (exact) mass is 762 g/mol. The van der Waals surface area contributed by atoms with Gasteiger partial charge in [0.15, 0.2) is 0 Å². The van der Waals surface area contributed by atoms with Crippen molar-refractivity contribution in [3.63, 3.8) is 0 Å². The number of amides is 2. The van der Waals surface area contributed by atoms with Crippen molar-refractivity contribution in [1.29, 1.82) is 5.26 Å². The summed E-state index contributed by atoms with van der Waals surface area (Å²) in [6.45, 7) is -2.30. The zero-order chi connectivity index (χ0) is 39.1. The van der Waals surface area contributed by atoms with Crippen molar-refractivity contribution >= 4 is 12.0 Å². The number of nitriles is 1. The van der Waals surface area contributed by atoms with E-state index in [4.69, 9.17) is 19.7 Å². The molecule has 0 spiro atoms. The lowest BCUT2D eigenvalue weighted by Gasteiger charge is -2.63. The van der Waals surface area contributed by atoms with Gasteiger partial charge in [0.05, 0.1) is 62.5 Å². The van der Waals surface area contributed by atoms with Gasteiger partial charge in [-0.05, 0) is 63.2 Å². The molecule has 304 valence electrons. The van der Waals surface area contributed by atoms with E-state index >= 15 is 0 Å². The predicted octanol–water partition coefficient (Wildman–Crippen LogP) is -4.22. The molecule has 2 amide bonds. The summed E-state index contributed by atoms with van der Waals surface area (Å²) in [5.41, 5.74) is -1.38. The maximum atomic E-state index is 13.3. The molecule has 11 N–H and O–H groups in total. The molecule has 5 fully saturated rings. The van der Waals surface area contributed by atoms with E-state index in [-0.39, 0.29) is 50.7 Å². The quantitative estimate of drug-likeness (QED) is 0.0466. The number of carboxylic acid groups (broad SMARTS) is 1. The van der Waals surface area contributed by atoms with Crippen LogP contribution in [-0.2, 0) is 14.3 Å². The molecule has 5 aliphatic rings. The largest absolute Gasteiger partial charge is 0.465 e. The van der Waals surface area contributed by atoms with Crippen LogP contribution in [0.2, 0.25) is 0 Å². The lowest BCUT2D eigenvalue weighted by molar-refractivity contribution is -0.200. The number of nitrogens with zero attached hydrogens (tertiary/aromatic N) is 4. The second-order valence-electron chi connectivity index (χ2n) is 15.4. The van der Waals surface area contributed by atoms with Crippen molar-refractivity contribution < 1.29 is 75.2 Å². The van der Waals surface area contributed by atoms with Crippen molar-refractivity contribution in [3.05, 3.63) is 0 Å². The van der Waals surface area contributed by atoms with E-state index in [1.807, 2.05) is 0 Å². The molecule has 4 saturated carbocycles. The second kappa shape index (κ2) is 19.0. The van der Waals surface area contributed by atoms with Gasteiger partial charge in [0.25, 0.3) is 0 Å². The van der Waals surface area contributed by atoms with Gasteiger partial charge in [-0.3, -0.25) is 14.6 Å². The number of hydrogen-bond donors (Lipinski definition) is 11. The molecule has 5 rings (SSSR count). The smallest absolute Gasteiger partial charge is 0.408 e. The SMILES string of the molecule is N#C[C@@H]1CCCN1C(=O)CN(C(=O)O)C12CC3C[C@H](CC(OCCOCCN(C[C@H](O)[C@@H](O)[C@H](O)[C@H](O)CO)C[C@H](O)[C@@H](O)[C@H](O)[C@H](O)CO)(C3)C1)C2. The van der Waals surface area contributed by atoms with E-state index in [1.54, 1.807) is 0 Å². The van der Waals surface area contributed by atoms with Gasteiger partial charge in [0.1, 0.15) is 49.2 Å². The van der Waals surface area contributed by atoms with Crippen LogP contribution in [0.5, 0.6) is 0 Å². The fourth-order valence-electron chi connectivity index (χ4n) is 9.22. The van der Waals surface area contributed by atoms with Gasteiger partial charge in [-0.1, -0.05) is 0 Å². The maximum absolute atomic E-state index is 13.3. The molecule has 53 heavy (non-hydrogen) atoms. The van der Waals surface area contributed by atoms with E-state index in [0.717, 1.165) is 19.3 Å². The number of hydrogen-bond acceptors (Lipinski definition) is 16. The summed E-state index contributed by atoms with van der Waals surface area (Å²) in [5, 5.41) is 119. The summed E-state index contributed by atoms with van der Waals surface area (Å²) in [6.07, 6.45) is -10.3. The highest BCUT2D eigenvalue weighted by atomic mass is 16.5. The number of carbonyl (C=O) groups is 2. The van der Waals surface area contributed by atoms with Crippen molar-refractivity contribution in [2.75, 3.05) is 65.8 Å². The highest BCUT2D eigenvalue weighted by molar-refractivity contribution is 5.83. The fraction of sp³-hybridized carbons (Fsp3) is 0.912. The van der Waals surface area contributed by atoms with E-state index in [0.29, 0.717) is 38.6 Å². The first-order valence-electron chi connectivity index (χ1n) is 18.4. The van der Waals surface area contributed by atoms with Gasteiger partial charge in [-0.15, -0.1) is 0 Å². The summed E-state index contributed by atoms with van der Waals surface area (Å²) >= 11 is 0. The normalized spacial score (nSPS) is 31.1. The van der Waals surface area contributed by atoms with Crippen molar-refractivity contribution in [2.24, 2.45) is 11.8 Å². The molecule has 19 heteroatoms. The second-order valence-corrected chi connectivity index (χ2v) is 15.4. The van der Waals surface area contributed by atoms with Crippen molar-refractivity contribution in [1.82, 2.24) is 14.7 Å². The molecule has 3 unspecified atom stereocenters. The lowest BCUT2D eigenvalue weighted by atomic mass is 9.50. The Balaban J connectivity index is 1.33. The predicted molar refractivity (Wildman–Crippen MR) is 181 cm³/mol. The average molecular weight is 763 g/mol. The van der Waals surface area contributed by atoms with E-state index < -0.39 is 98.4 Å². The van der Waals surface area contributed by atoms with E-state index in [9.17, 15) is 60.8 Å². The maximum Gasteiger partial charge on any atom is 0.408 e. The van der Waals surface area contributed by atoms with Crippen LogP contribution in [0.1, 0.15) is 51.4 Å². The van der Waals surface area contributed by atoms with Crippen LogP contribution in [0.25, 0.3) is 0 Å². The lowest BCUT2D eigenvalue weighted by Crippen LogP contribution is -2.68. The van der Waals surface area contributed by atoms with Gasteiger partial charge < -0.3 is 70.5 Å². The Morgan fingerprint density at radius 3 is 1.87 bits per heavy atom. The Hall–Kier alpha value is -2.29. The van der Waals surface area contributed by atoms with Crippen LogP contribution in [0.15, 0.2) is 0 Å². The first-order chi connectivity index (χ1) is 25.1. The Bertz CT molecular complexity index is 1200. The Morgan fingerprint density at radius 2 is 1.36 bits per heavy atom. The average Bonchev–Trinajstić information content (AvgIpc) is 3.61. The topological polar surface area (TPSA) is 309 Å². The number of ether oxygens (including phenoxy) is 2. The molecule has 0 aromatic heterocycles. The molecule has 0 aromatic rings. The molecule has 0 aromatic carbocycles. The molecule has 1 heterocycles. The van der Waals surface area contributed by atoms with Crippen LogP contribution < -0.4 is 0 Å². The standard InChI is InChI=1S/C34H58N4O15/c35-13-22-2-1-3-37(22)27(45)16-38(32(50)51)33-9-20-8-21(10-33)12-34(11-20,19-33)53-7-6-52-5-4-36(14-23(41)28(46)30(48)25(43)17-39)15-24(42)29(47)31(49)26(44)18-40/h20-26,28-31,39-44,46-49H,1-12,14-19H2,(H,50,51)/t20-,21?,22-,23-,24-,25+,26+,28+,29+,30+,31+,33?,34?/m0/s1. The number of aliphatic hydroxyl groups is 10. The molecule has 1 saturated heterocycles. The molecular formula is C34H58N4O15. The minimum absolute atomic E-state index is 0.0179. The summed E-state index contributed by atoms with van der Waals surface area (Å²) in [5.74, 6) is 0.0734. The molecule has 4 bridgehead atoms. The van der Waals surface area contributed by atoms with Crippen molar-refractivity contribution in [2.45, 2.75) is 117 Å². The zero-order valence-corrected chi connectivity index (χ0v) is 29.9. The Kier molecular flexibility index (Phi) is 15.6. The van der Waals surface area contributed by atoms with Crippen LogP contribution >= 0.6 is 0 Å². The number of likely N-dealkylation sites (tertiary alicyclic amines) is 1. The van der Waals surface area contributed by atoms with Crippen LogP contribution in [0, 0.1) is 23.2 Å². The van der Waals surface area contributed by atoms with Crippen molar-refractivity contribution in [3.8, 4) is 6.07 Å². The molecular weight excluding hydrogens is 704 g/mol. The third-order valence-electron chi connectivity index (χ3n) is 11.5. The fourth-order valence-corrected chi connectivity index (χ4v) is 9.22. The third-order valence-corrected chi connectivity index (χ3v) is 11.5. The number of rotatable bonds is 22. The summed E-state index contributed by atoms with van der Waals surface area (Å²) < 4.78 is 12.2. The first-order valence-corrected chi connectivity index (χ1v) is 18.4. The number of carbonyl (C=O) groups excluding carboxylic acids is 1. The highest BCUT2D eigenvalue weighted by Gasteiger charge is 2.61. The van der Waals surface area contributed by atoms with E-state index in [1.165, 1.54) is 14.7 Å². The van der Waals surface area contributed by atoms with Crippen LogP contribution in [-0.4, -0.2) is 215 Å². The first kappa shape index (κ1) is 43.4. The van der Waals surface area contributed by atoms with Crippen LogP contribution in [0.4, 0.5) is 4.79 Å². The van der Waals surface area contributed by atoms with Gasteiger partial charge >= 0.3 is 6.09 Å². The van der Waals surface area contributed by atoms with E-state index in [2.05, 4.69) is 6.07 Å². The van der Waals surface area contributed by atoms with Gasteiger partial charge in [-0.2, -0.15) is 5.26 Å². The zero-order valence-electron chi connectivity index (χ0n) is 29.9. The van der Waals surface area contributed by atoms with Gasteiger partial charge in [-0.25, -0.2) is 4.79 Å². The van der Waals surface area contributed by atoms with Gasteiger partial charge in [0, 0.05) is 26.2 Å². The van der Waals surface area contributed by atoms with Gasteiger partial charge in [0.2, 0.25) is 5.91 Å². The Morgan fingerprint density at radius 1 is 0.811 bits per heavy atom. The minimum atomic E-state index is -1.91. The molecule has 0 radical (unpaired) electrons. The molecule has 4 aliphatic carbocycles. The Labute approximate surface area is 308 Å². The summed E-state index contributed by atoms with van der Waals surface area (Å²) in [4.78, 5) is 30.0. The van der Waals surface area contributed by atoms with Crippen LogP contribution in [0.3, 0.4) is 0 Å². The third kappa shape index (κ3) is 10.5. The summed E-state index contributed by atoms with van der Waals surface area (Å²) in [7, 11) is 0. The molecule has 13 atom stereocenters.